The first-order chi connectivity index (χ1) is 12.5. The molecule has 0 aromatic heterocycles. The van der Waals surface area contributed by atoms with Gasteiger partial charge in [-0.25, -0.2) is 8.42 Å². The summed E-state index contributed by atoms with van der Waals surface area (Å²) in [5.74, 6) is 0.729. The summed E-state index contributed by atoms with van der Waals surface area (Å²) in [5.41, 5.74) is 0.415. The van der Waals surface area contributed by atoms with Crippen LogP contribution in [0.1, 0.15) is 26.2 Å². The standard InChI is InChI=1S/C17H26N2O5S2/c1-2-24-15-7-6-14(18-17(21)13-25-11-10-20)12-16(15)26(22,23)19-8-4-3-5-9-19/h6-7,12,20H,2-5,8-11,13H2,1H3,(H,18,21). The Labute approximate surface area is 159 Å². The predicted molar refractivity (Wildman–Crippen MR) is 103 cm³/mol. The monoisotopic (exact) mass is 402 g/mol. The van der Waals surface area contributed by atoms with Crippen LogP contribution in [0.25, 0.3) is 0 Å². The van der Waals surface area contributed by atoms with E-state index in [4.69, 9.17) is 9.84 Å². The van der Waals surface area contributed by atoms with Crippen molar-refractivity contribution < 1.29 is 23.1 Å². The van der Waals surface area contributed by atoms with E-state index in [1.54, 1.807) is 19.1 Å². The molecule has 0 radical (unpaired) electrons. The number of ether oxygens (including phenoxy) is 1. The normalized spacial score (nSPS) is 15.6. The minimum atomic E-state index is -3.68. The summed E-state index contributed by atoms with van der Waals surface area (Å²) in [5, 5.41) is 11.5. The van der Waals surface area contributed by atoms with Crippen molar-refractivity contribution >= 4 is 33.4 Å². The summed E-state index contributed by atoms with van der Waals surface area (Å²) in [6.07, 6.45) is 2.73. The van der Waals surface area contributed by atoms with E-state index in [2.05, 4.69) is 5.32 Å². The lowest BCUT2D eigenvalue weighted by molar-refractivity contribution is -0.113. The number of sulfonamides is 1. The molecule has 1 aliphatic heterocycles. The molecule has 1 saturated heterocycles. The van der Waals surface area contributed by atoms with Crippen LogP contribution in [0.3, 0.4) is 0 Å². The average molecular weight is 403 g/mol. The van der Waals surface area contributed by atoms with Gasteiger partial charge in [0.25, 0.3) is 0 Å². The Hall–Kier alpha value is -1.29. The molecular weight excluding hydrogens is 376 g/mol. The summed E-state index contributed by atoms with van der Waals surface area (Å²) < 4.78 is 33.1. The van der Waals surface area contributed by atoms with E-state index in [1.807, 2.05) is 0 Å². The van der Waals surface area contributed by atoms with Gasteiger partial charge in [-0.05, 0) is 38.0 Å². The highest BCUT2D eigenvalue weighted by molar-refractivity contribution is 7.99. The van der Waals surface area contributed by atoms with E-state index >= 15 is 0 Å². The summed E-state index contributed by atoms with van der Waals surface area (Å²) in [4.78, 5) is 12.0. The highest BCUT2D eigenvalue weighted by Gasteiger charge is 2.29. The number of rotatable bonds is 9. The van der Waals surface area contributed by atoms with Crippen LogP contribution in [0.15, 0.2) is 23.1 Å². The maximum absolute atomic E-state index is 13.0. The highest BCUT2D eigenvalue weighted by Crippen LogP contribution is 2.31. The second-order valence-corrected chi connectivity index (χ2v) is 8.90. The minimum Gasteiger partial charge on any atom is -0.492 e. The predicted octanol–water partition coefficient (Wildman–Crippen LogP) is 1.92. The molecule has 1 amide bonds. The Morgan fingerprint density at radius 1 is 1.31 bits per heavy atom. The first-order valence-corrected chi connectivity index (χ1v) is 11.3. The van der Waals surface area contributed by atoms with Gasteiger partial charge in [0, 0.05) is 24.5 Å². The van der Waals surface area contributed by atoms with Crippen LogP contribution in [-0.2, 0) is 14.8 Å². The zero-order valence-corrected chi connectivity index (χ0v) is 16.6. The van der Waals surface area contributed by atoms with Crippen molar-refractivity contribution in [1.29, 1.82) is 0 Å². The second kappa shape index (κ2) is 10.1. The lowest BCUT2D eigenvalue weighted by Gasteiger charge is -2.27. The Bertz CT molecular complexity index is 703. The Morgan fingerprint density at radius 3 is 2.69 bits per heavy atom. The molecule has 0 bridgehead atoms. The van der Waals surface area contributed by atoms with Gasteiger partial charge in [-0.15, -0.1) is 11.8 Å². The fraction of sp³-hybridized carbons (Fsp3) is 0.588. The Morgan fingerprint density at radius 2 is 2.04 bits per heavy atom. The van der Waals surface area contributed by atoms with Gasteiger partial charge in [0.2, 0.25) is 15.9 Å². The van der Waals surface area contributed by atoms with Crippen LogP contribution >= 0.6 is 11.8 Å². The van der Waals surface area contributed by atoms with E-state index in [0.717, 1.165) is 19.3 Å². The van der Waals surface area contributed by atoms with Crippen LogP contribution in [0.5, 0.6) is 5.75 Å². The van der Waals surface area contributed by atoms with Gasteiger partial charge in [-0.3, -0.25) is 4.79 Å². The molecule has 146 valence electrons. The smallest absolute Gasteiger partial charge is 0.246 e. The average Bonchev–Trinajstić information content (AvgIpc) is 2.64. The molecule has 2 N–H and O–H groups in total. The summed E-state index contributed by atoms with van der Waals surface area (Å²) in [7, 11) is -3.68. The van der Waals surface area contributed by atoms with Crippen molar-refractivity contribution in [2.75, 3.05) is 43.1 Å². The number of carbonyl (C=O) groups is 1. The third kappa shape index (κ3) is 5.60. The molecule has 26 heavy (non-hydrogen) atoms. The molecule has 9 heteroatoms. The SMILES string of the molecule is CCOc1ccc(NC(=O)CSCCO)cc1S(=O)(=O)N1CCCCC1. The number of thioether (sulfide) groups is 1. The van der Waals surface area contributed by atoms with E-state index < -0.39 is 10.0 Å². The molecule has 1 aromatic carbocycles. The fourth-order valence-electron chi connectivity index (χ4n) is 2.73. The van der Waals surface area contributed by atoms with E-state index in [-0.39, 0.29) is 23.2 Å². The molecule has 0 spiro atoms. The third-order valence-corrected chi connectivity index (χ3v) is 6.79. The van der Waals surface area contributed by atoms with E-state index in [9.17, 15) is 13.2 Å². The number of carbonyl (C=O) groups excluding carboxylic acids is 1. The van der Waals surface area contributed by atoms with Gasteiger partial charge in [0.1, 0.15) is 10.6 Å². The number of hydrogen-bond donors (Lipinski definition) is 2. The lowest BCUT2D eigenvalue weighted by Crippen LogP contribution is -2.35. The summed E-state index contributed by atoms with van der Waals surface area (Å²) in [6, 6.07) is 4.68. The molecule has 0 aliphatic carbocycles. The highest BCUT2D eigenvalue weighted by atomic mass is 32.2. The van der Waals surface area contributed by atoms with Gasteiger partial charge >= 0.3 is 0 Å². The van der Waals surface area contributed by atoms with E-state index in [1.165, 1.54) is 22.1 Å². The summed E-state index contributed by atoms with van der Waals surface area (Å²) >= 11 is 1.31. The first-order valence-electron chi connectivity index (χ1n) is 8.74. The molecule has 0 saturated carbocycles. The van der Waals surface area contributed by atoms with Crippen molar-refractivity contribution in [3.05, 3.63) is 18.2 Å². The zero-order valence-electron chi connectivity index (χ0n) is 14.9. The second-order valence-electron chi connectivity index (χ2n) is 5.88. The largest absolute Gasteiger partial charge is 0.492 e. The minimum absolute atomic E-state index is 0.0131. The van der Waals surface area contributed by atoms with Crippen molar-refractivity contribution in [3.63, 3.8) is 0 Å². The number of piperidine rings is 1. The molecule has 1 fully saturated rings. The lowest BCUT2D eigenvalue weighted by atomic mass is 10.2. The number of benzene rings is 1. The van der Waals surface area contributed by atoms with Gasteiger partial charge in [0.15, 0.2) is 0 Å². The first kappa shape index (κ1) is 21.0. The number of hydrogen-bond acceptors (Lipinski definition) is 6. The molecule has 0 unspecified atom stereocenters. The number of nitrogens with one attached hydrogen (secondary N) is 1. The molecule has 7 nitrogen and oxygen atoms in total. The molecule has 0 atom stereocenters. The molecule has 1 heterocycles. The quantitative estimate of drug-likeness (QED) is 0.613. The number of aliphatic hydroxyl groups is 1. The molecule has 1 aromatic rings. The maximum Gasteiger partial charge on any atom is 0.246 e. The third-order valence-electron chi connectivity index (χ3n) is 3.93. The molecular formula is C17H26N2O5S2. The van der Waals surface area contributed by atoms with Crippen LogP contribution in [0, 0.1) is 0 Å². The van der Waals surface area contributed by atoms with Gasteiger partial charge in [-0.1, -0.05) is 6.42 Å². The van der Waals surface area contributed by atoms with Crippen LogP contribution < -0.4 is 10.1 Å². The Kier molecular flexibility index (Phi) is 8.20. The topological polar surface area (TPSA) is 95.9 Å². The molecule has 1 aliphatic rings. The maximum atomic E-state index is 13.0. The van der Waals surface area contributed by atoms with Crippen LogP contribution in [0.2, 0.25) is 0 Å². The van der Waals surface area contributed by atoms with Crippen molar-refractivity contribution in [2.45, 2.75) is 31.1 Å². The van der Waals surface area contributed by atoms with Crippen molar-refractivity contribution in [3.8, 4) is 5.75 Å². The number of anilines is 1. The fourth-order valence-corrected chi connectivity index (χ4v) is 4.94. The van der Waals surface area contributed by atoms with Crippen LogP contribution in [0.4, 0.5) is 5.69 Å². The zero-order chi connectivity index (χ0) is 19.0. The van der Waals surface area contributed by atoms with Gasteiger partial charge in [-0.2, -0.15) is 4.31 Å². The van der Waals surface area contributed by atoms with Gasteiger partial charge in [0.05, 0.1) is 19.0 Å². The Balaban J connectivity index is 2.23. The van der Waals surface area contributed by atoms with Crippen molar-refractivity contribution in [1.82, 2.24) is 4.31 Å². The number of amides is 1. The number of nitrogens with zero attached hydrogens (tertiary/aromatic N) is 1. The number of aliphatic hydroxyl groups excluding tert-OH is 1. The molecule has 2 rings (SSSR count). The van der Waals surface area contributed by atoms with Gasteiger partial charge < -0.3 is 15.2 Å². The van der Waals surface area contributed by atoms with Crippen LogP contribution in [-0.4, -0.2) is 61.5 Å². The van der Waals surface area contributed by atoms with Crippen molar-refractivity contribution in [2.24, 2.45) is 0 Å². The van der Waals surface area contributed by atoms with E-state index in [0.29, 0.717) is 36.9 Å². The summed E-state index contributed by atoms with van der Waals surface area (Å²) in [6.45, 7) is 3.17.